The molecule has 3 heterocycles. The molecule has 2 aliphatic rings. The Hall–Kier alpha value is -3.36. The number of carbonyl (C=O) groups is 1. The SMILES string of the molecule is CC(=O)N1CCN(Cc2ccc3c(c2)CC[C@H](n2cnc4cc(-c5cccc(F)c5)sc4c2=O)C3)CC1. The fourth-order valence-electron chi connectivity index (χ4n) is 5.57. The molecule has 0 saturated carbocycles. The maximum absolute atomic E-state index is 13.7. The van der Waals surface area contributed by atoms with Crippen LogP contribution in [0.1, 0.15) is 36.1 Å². The number of benzene rings is 2. The predicted octanol–water partition coefficient (Wildman–Crippen LogP) is 4.66. The van der Waals surface area contributed by atoms with E-state index in [1.165, 1.54) is 40.2 Å². The first-order valence-corrected chi connectivity index (χ1v) is 13.6. The second kappa shape index (κ2) is 9.84. The van der Waals surface area contributed by atoms with Crippen molar-refractivity contribution in [3.05, 3.63) is 87.7 Å². The highest BCUT2D eigenvalue weighted by atomic mass is 32.1. The van der Waals surface area contributed by atoms with Crippen LogP contribution in [0.15, 0.2) is 59.7 Å². The highest BCUT2D eigenvalue weighted by Gasteiger charge is 2.24. The van der Waals surface area contributed by atoms with E-state index in [0.29, 0.717) is 10.2 Å². The number of piperazine rings is 1. The average Bonchev–Trinajstić information content (AvgIpc) is 3.35. The molecule has 1 aliphatic carbocycles. The van der Waals surface area contributed by atoms with Gasteiger partial charge in [0.15, 0.2) is 0 Å². The number of rotatable bonds is 4. The fourth-order valence-corrected chi connectivity index (χ4v) is 6.62. The van der Waals surface area contributed by atoms with Crippen LogP contribution in [0.4, 0.5) is 4.39 Å². The van der Waals surface area contributed by atoms with E-state index in [2.05, 4.69) is 28.1 Å². The van der Waals surface area contributed by atoms with Gasteiger partial charge in [0.2, 0.25) is 5.91 Å². The molecule has 1 fully saturated rings. The summed E-state index contributed by atoms with van der Waals surface area (Å²) in [5.74, 6) is -0.137. The molecule has 0 N–H and O–H groups in total. The molecule has 1 aliphatic heterocycles. The van der Waals surface area contributed by atoms with Crippen LogP contribution in [0.3, 0.4) is 0 Å². The van der Waals surface area contributed by atoms with Gasteiger partial charge in [-0.3, -0.25) is 19.1 Å². The molecule has 4 aromatic rings. The highest BCUT2D eigenvalue weighted by molar-refractivity contribution is 7.22. The number of nitrogens with zero attached hydrogens (tertiary/aromatic N) is 4. The summed E-state index contributed by atoms with van der Waals surface area (Å²) in [6.07, 6.45) is 4.30. The van der Waals surface area contributed by atoms with Gasteiger partial charge >= 0.3 is 0 Å². The summed E-state index contributed by atoms with van der Waals surface area (Å²) < 4.78 is 16.1. The standard InChI is InChI=1S/C29H29FN4O2S/c1-19(35)33-11-9-32(10-12-33)17-20-5-6-22-15-25(8-7-21(22)13-20)34-18-31-26-16-27(37-28(26)29(34)36)23-3-2-4-24(30)14-23/h2-6,13-14,16,18,25H,7-12,15,17H2,1H3/t25-/m0/s1. The number of carbonyl (C=O) groups excluding carboxylic acids is 1. The van der Waals surface area contributed by atoms with Crippen molar-refractivity contribution in [1.82, 2.24) is 19.4 Å². The Kier molecular flexibility index (Phi) is 6.38. The lowest BCUT2D eigenvalue weighted by Crippen LogP contribution is -2.47. The number of thiophene rings is 1. The Bertz CT molecular complexity index is 1540. The van der Waals surface area contributed by atoms with Crippen LogP contribution in [-0.4, -0.2) is 51.4 Å². The zero-order valence-corrected chi connectivity index (χ0v) is 21.6. The number of hydrogen-bond donors (Lipinski definition) is 0. The van der Waals surface area contributed by atoms with Crippen molar-refractivity contribution < 1.29 is 9.18 Å². The van der Waals surface area contributed by atoms with Crippen molar-refractivity contribution in [2.45, 2.75) is 38.8 Å². The molecule has 0 radical (unpaired) electrons. The molecule has 1 atom stereocenters. The van der Waals surface area contributed by atoms with Crippen molar-refractivity contribution in [3.63, 3.8) is 0 Å². The second-order valence-electron chi connectivity index (χ2n) is 10.1. The zero-order chi connectivity index (χ0) is 25.5. The van der Waals surface area contributed by atoms with Crippen LogP contribution in [0.25, 0.3) is 20.7 Å². The molecule has 37 heavy (non-hydrogen) atoms. The van der Waals surface area contributed by atoms with Gasteiger partial charge < -0.3 is 4.90 Å². The summed E-state index contributed by atoms with van der Waals surface area (Å²) in [6.45, 7) is 5.93. The molecule has 0 bridgehead atoms. The molecule has 190 valence electrons. The molecule has 6 rings (SSSR count). The Morgan fingerprint density at radius 3 is 2.70 bits per heavy atom. The molecule has 2 aromatic carbocycles. The Morgan fingerprint density at radius 1 is 1.08 bits per heavy atom. The Balaban J connectivity index is 1.18. The first-order chi connectivity index (χ1) is 17.9. The lowest BCUT2D eigenvalue weighted by molar-refractivity contribution is -0.130. The summed E-state index contributed by atoms with van der Waals surface area (Å²) in [7, 11) is 0. The lowest BCUT2D eigenvalue weighted by atomic mass is 9.87. The van der Waals surface area contributed by atoms with Crippen molar-refractivity contribution >= 4 is 27.5 Å². The maximum Gasteiger partial charge on any atom is 0.271 e. The van der Waals surface area contributed by atoms with E-state index >= 15 is 0 Å². The highest BCUT2D eigenvalue weighted by Crippen LogP contribution is 2.33. The Morgan fingerprint density at radius 2 is 1.92 bits per heavy atom. The van der Waals surface area contributed by atoms with E-state index in [1.807, 2.05) is 17.0 Å². The summed E-state index contributed by atoms with van der Waals surface area (Å²) in [6, 6.07) is 15.1. The first-order valence-electron chi connectivity index (χ1n) is 12.8. The average molecular weight is 517 g/mol. The van der Waals surface area contributed by atoms with Crippen molar-refractivity contribution in [1.29, 1.82) is 0 Å². The summed E-state index contributed by atoms with van der Waals surface area (Å²) in [5, 5.41) is 0. The monoisotopic (exact) mass is 516 g/mol. The van der Waals surface area contributed by atoms with Gasteiger partial charge in [-0.1, -0.05) is 30.3 Å². The second-order valence-corrected chi connectivity index (χ2v) is 11.1. The van der Waals surface area contributed by atoms with Gasteiger partial charge in [0.1, 0.15) is 10.5 Å². The topological polar surface area (TPSA) is 58.4 Å². The maximum atomic E-state index is 13.7. The number of halogens is 1. The molecule has 8 heteroatoms. The van der Waals surface area contributed by atoms with Crippen molar-refractivity contribution in [2.75, 3.05) is 26.2 Å². The minimum Gasteiger partial charge on any atom is -0.340 e. The van der Waals surface area contributed by atoms with Crippen molar-refractivity contribution in [3.8, 4) is 10.4 Å². The van der Waals surface area contributed by atoms with Crippen LogP contribution in [0, 0.1) is 5.82 Å². The molecule has 1 amide bonds. The van der Waals surface area contributed by atoms with Gasteiger partial charge in [-0.2, -0.15) is 0 Å². The molecule has 1 saturated heterocycles. The van der Waals surface area contributed by atoms with E-state index < -0.39 is 0 Å². The van der Waals surface area contributed by atoms with Gasteiger partial charge in [-0.25, -0.2) is 9.37 Å². The van der Waals surface area contributed by atoms with Gasteiger partial charge in [0.25, 0.3) is 5.56 Å². The van der Waals surface area contributed by atoms with Crippen molar-refractivity contribution in [2.24, 2.45) is 0 Å². The summed E-state index contributed by atoms with van der Waals surface area (Å²) >= 11 is 1.38. The largest absolute Gasteiger partial charge is 0.340 e. The van der Waals surface area contributed by atoms with E-state index in [1.54, 1.807) is 23.9 Å². The molecule has 0 unspecified atom stereocenters. The zero-order valence-electron chi connectivity index (χ0n) is 20.8. The van der Waals surface area contributed by atoms with Crippen LogP contribution in [-0.2, 0) is 24.2 Å². The third-order valence-corrected chi connectivity index (χ3v) is 8.82. The van der Waals surface area contributed by atoms with E-state index in [9.17, 15) is 14.0 Å². The van der Waals surface area contributed by atoms with Gasteiger partial charge in [0.05, 0.1) is 11.8 Å². The lowest BCUT2D eigenvalue weighted by Gasteiger charge is -2.34. The Labute approximate surface area is 219 Å². The number of aromatic nitrogens is 2. The normalized spacial score (nSPS) is 18.2. The van der Waals surface area contributed by atoms with E-state index in [0.717, 1.165) is 62.4 Å². The smallest absolute Gasteiger partial charge is 0.271 e. The summed E-state index contributed by atoms with van der Waals surface area (Å²) in [4.78, 5) is 34.8. The van der Waals surface area contributed by atoms with E-state index in [4.69, 9.17) is 0 Å². The number of amides is 1. The van der Waals surface area contributed by atoms with Crippen LogP contribution in [0.2, 0.25) is 0 Å². The molecular weight excluding hydrogens is 487 g/mol. The van der Waals surface area contributed by atoms with Crippen LogP contribution >= 0.6 is 11.3 Å². The third-order valence-electron chi connectivity index (χ3n) is 7.66. The fraction of sp³-hybridized carbons (Fsp3) is 0.345. The summed E-state index contributed by atoms with van der Waals surface area (Å²) in [5.41, 5.74) is 5.36. The van der Waals surface area contributed by atoms with Gasteiger partial charge in [0, 0.05) is 50.6 Å². The number of fused-ring (bicyclic) bond motifs is 2. The molecular formula is C29H29FN4O2S. The third kappa shape index (κ3) is 4.83. The molecule has 0 spiro atoms. The number of aryl methyl sites for hydroxylation is 1. The quantitative estimate of drug-likeness (QED) is 0.396. The van der Waals surface area contributed by atoms with E-state index in [-0.39, 0.29) is 23.3 Å². The number of hydrogen-bond acceptors (Lipinski definition) is 5. The van der Waals surface area contributed by atoms with Crippen LogP contribution < -0.4 is 5.56 Å². The van der Waals surface area contributed by atoms with Gasteiger partial charge in [-0.15, -0.1) is 11.3 Å². The minimum atomic E-state index is -0.292. The van der Waals surface area contributed by atoms with Crippen LogP contribution in [0.5, 0.6) is 0 Å². The molecule has 6 nitrogen and oxygen atoms in total. The first kappa shape index (κ1) is 24.0. The minimum absolute atomic E-state index is 0.0209. The molecule has 2 aromatic heterocycles. The predicted molar refractivity (Wildman–Crippen MR) is 144 cm³/mol. The van der Waals surface area contributed by atoms with Gasteiger partial charge in [-0.05, 0) is 59.7 Å².